The molecule has 10 heteroatoms. The molecule has 0 saturated carbocycles. The summed E-state index contributed by atoms with van der Waals surface area (Å²) in [6.45, 7) is 3.35. The molecule has 0 N–H and O–H groups in total. The van der Waals surface area contributed by atoms with E-state index in [1.165, 1.54) is 36.4 Å². The van der Waals surface area contributed by atoms with Gasteiger partial charge in [0.25, 0.3) is 20.2 Å². The maximum Gasteiger partial charge on any atom is 0.296 e. The van der Waals surface area contributed by atoms with Gasteiger partial charge in [-0.25, -0.2) is 4.39 Å². The highest BCUT2D eigenvalue weighted by molar-refractivity contribution is 9.10. The van der Waals surface area contributed by atoms with Gasteiger partial charge in [0.2, 0.25) is 0 Å². The van der Waals surface area contributed by atoms with Gasteiger partial charge < -0.3 is 0 Å². The van der Waals surface area contributed by atoms with Crippen LogP contribution in [0.3, 0.4) is 0 Å². The normalized spacial score (nSPS) is 12.3. The Bertz CT molecular complexity index is 1270. The fourth-order valence-electron chi connectivity index (χ4n) is 3.43. The molecule has 0 amide bonds. The summed E-state index contributed by atoms with van der Waals surface area (Å²) in [5.74, 6) is -0.892. The van der Waals surface area contributed by atoms with Crippen molar-refractivity contribution >= 4 is 36.2 Å². The molecule has 0 radical (unpaired) electrons. The number of aryl methyl sites for hydroxylation is 2. The molecule has 0 fully saturated rings. The topological polar surface area (TPSA) is 86.7 Å². The van der Waals surface area contributed by atoms with Gasteiger partial charge in [-0.1, -0.05) is 51.3 Å². The Morgan fingerprint density at radius 1 is 0.743 bits per heavy atom. The molecule has 6 nitrogen and oxygen atoms in total. The van der Waals surface area contributed by atoms with Crippen molar-refractivity contribution in [1.82, 2.24) is 0 Å². The lowest BCUT2D eigenvalue weighted by molar-refractivity contribution is 0.268. The smallest absolute Gasteiger partial charge is 0.266 e. The van der Waals surface area contributed by atoms with Crippen LogP contribution in [-0.4, -0.2) is 30.0 Å². The molecule has 3 rings (SSSR count). The molecule has 0 aromatic heterocycles. The first-order chi connectivity index (χ1) is 16.5. The minimum absolute atomic E-state index is 0.0408. The Hall–Kier alpha value is -2.11. The molecular formula is C25H26BrFO6S2. The second kappa shape index (κ2) is 11.7. The van der Waals surface area contributed by atoms with Crippen molar-refractivity contribution in [3.63, 3.8) is 0 Å². The average molecular weight is 586 g/mol. The first kappa shape index (κ1) is 27.5. The molecule has 0 atom stereocenters. The zero-order chi connectivity index (χ0) is 25.6. The molecule has 35 heavy (non-hydrogen) atoms. The van der Waals surface area contributed by atoms with Crippen LogP contribution in [0, 0.1) is 19.7 Å². The zero-order valence-corrected chi connectivity index (χ0v) is 22.5. The Morgan fingerprint density at radius 3 is 1.60 bits per heavy atom. The molecule has 0 bridgehead atoms. The molecule has 0 saturated heterocycles. The largest absolute Gasteiger partial charge is 0.296 e. The summed E-state index contributed by atoms with van der Waals surface area (Å²) in [4.78, 5) is 0.0817. The van der Waals surface area contributed by atoms with E-state index in [1.54, 1.807) is 30.3 Å². The lowest BCUT2D eigenvalue weighted by Gasteiger charge is -2.19. The summed E-state index contributed by atoms with van der Waals surface area (Å²) in [5, 5.41) is 0. The fourth-order valence-corrected chi connectivity index (χ4v) is 5.84. The first-order valence-electron chi connectivity index (χ1n) is 10.8. The molecular weight excluding hydrogens is 559 g/mol. The Kier molecular flexibility index (Phi) is 9.22. The first-order valence-corrected chi connectivity index (χ1v) is 14.5. The highest BCUT2D eigenvalue weighted by Gasteiger charge is 2.21. The van der Waals surface area contributed by atoms with Crippen LogP contribution < -0.4 is 0 Å². The van der Waals surface area contributed by atoms with Crippen LogP contribution in [0.2, 0.25) is 0 Å². The van der Waals surface area contributed by atoms with Crippen LogP contribution in [0.25, 0.3) is 0 Å². The molecule has 0 aliphatic carbocycles. The number of benzene rings is 3. The lowest BCUT2D eigenvalue weighted by atomic mass is 9.93. The predicted octanol–water partition coefficient (Wildman–Crippen LogP) is 5.88. The third-order valence-electron chi connectivity index (χ3n) is 5.43. The molecule has 0 spiro atoms. The van der Waals surface area contributed by atoms with E-state index in [2.05, 4.69) is 15.9 Å². The van der Waals surface area contributed by atoms with Gasteiger partial charge in [-0.05, 0) is 80.6 Å². The maximum absolute atomic E-state index is 14.0. The summed E-state index contributed by atoms with van der Waals surface area (Å²) in [6.07, 6.45) is 0.391. The Balaban J connectivity index is 1.70. The van der Waals surface area contributed by atoms with Crippen LogP contribution in [0.5, 0.6) is 0 Å². The molecule has 3 aromatic rings. The molecule has 3 aromatic carbocycles. The van der Waals surface area contributed by atoms with E-state index in [-0.39, 0.29) is 35.8 Å². The van der Waals surface area contributed by atoms with Crippen molar-refractivity contribution in [2.45, 2.75) is 42.4 Å². The van der Waals surface area contributed by atoms with Gasteiger partial charge in [-0.3, -0.25) is 8.37 Å². The van der Waals surface area contributed by atoms with Crippen molar-refractivity contribution in [3.8, 4) is 0 Å². The van der Waals surface area contributed by atoms with Gasteiger partial charge in [0, 0.05) is 4.47 Å². The quantitative estimate of drug-likeness (QED) is 0.261. The highest BCUT2D eigenvalue weighted by Crippen LogP contribution is 2.32. The molecule has 0 aliphatic rings. The lowest BCUT2D eigenvalue weighted by Crippen LogP contribution is -2.14. The third-order valence-corrected chi connectivity index (χ3v) is 8.80. The van der Waals surface area contributed by atoms with Gasteiger partial charge in [0.15, 0.2) is 0 Å². The van der Waals surface area contributed by atoms with Gasteiger partial charge in [0.1, 0.15) is 5.82 Å². The minimum Gasteiger partial charge on any atom is -0.266 e. The second-order valence-corrected chi connectivity index (χ2v) is 12.2. The minimum atomic E-state index is -3.97. The Morgan fingerprint density at radius 2 is 1.17 bits per heavy atom. The van der Waals surface area contributed by atoms with Crippen LogP contribution in [0.1, 0.15) is 35.4 Å². The summed E-state index contributed by atoms with van der Waals surface area (Å²) < 4.78 is 75.1. The van der Waals surface area contributed by atoms with Crippen molar-refractivity contribution in [2.24, 2.45) is 0 Å². The van der Waals surface area contributed by atoms with E-state index in [0.29, 0.717) is 10.0 Å². The number of hydrogen-bond donors (Lipinski definition) is 0. The van der Waals surface area contributed by atoms with Crippen molar-refractivity contribution in [3.05, 3.63) is 93.7 Å². The second-order valence-electron chi connectivity index (χ2n) is 8.12. The monoisotopic (exact) mass is 584 g/mol. The van der Waals surface area contributed by atoms with Crippen LogP contribution in [0.4, 0.5) is 4.39 Å². The molecule has 0 unspecified atom stereocenters. The molecule has 0 aliphatic heterocycles. The van der Waals surface area contributed by atoms with Gasteiger partial charge in [-0.15, -0.1) is 0 Å². The van der Waals surface area contributed by atoms with E-state index in [1.807, 2.05) is 13.8 Å². The maximum atomic E-state index is 14.0. The number of rotatable bonds is 11. The van der Waals surface area contributed by atoms with Gasteiger partial charge in [-0.2, -0.15) is 16.8 Å². The summed E-state index contributed by atoms with van der Waals surface area (Å²) in [5.41, 5.74) is 2.40. The Labute approximate surface area is 214 Å². The SMILES string of the molecule is Cc1ccc(S(=O)(=O)OCCC(CCOS(=O)(=O)c2ccc(C)cc2)c2cc(F)ccc2Br)cc1. The fraction of sp³-hybridized carbons (Fsp3) is 0.280. The molecule has 0 heterocycles. The van der Waals surface area contributed by atoms with Crippen LogP contribution >= 0.6 is 15.9 Å². The van der Waals surface area contributed by atoms with E-state index < -0.39 is 32.0 Å². The number of hydrogen-bond acceptors (Lipinski definition) is 6. The molecule has 188 valence electrons. The predicted molar refractivity (Wildman–Crippen MR) is 135 cm³/mol. The summed E-state index contributed by atoms with van der Waals surface area (Å²) in [6, 6.07) is 16.7. The van der Waals surface area contributed by atoms with E-state index in [4.69, 9.17) is 8.37 Å². The van der Waals surface area contributed by atoms with E-state index >= 15 is 0 Å². The van der Waals surface area contributed by atoms with Crippen molar-refractivity contribution < 1.29 is 29.6 Å². The number of halogens is 2. The van der Waals surface area contributed by atoms with Gasteiger partial charge in [0.05, 0.1) is 23.0 Å². The summed E-state index contributed by atoms with van der Waals surface area (Å²) >= 11 is 3.40. The van der Waals surface area contributed by atoms with E-state index in [9.17, 15) is 21.2 Å². The van der Waals surface area contributed by atoms with Crippen molar-refractivity contribution in [2.75, 3.05) is 13.2 Å². The van der Waals surface area contributed by atoms with Crippen molar-refractivity contribution in [1.29, 1.82) is 0 Å². The summed E-state index contributed by atoms with van der Waals surface area (Å²) in [7, 11) is -7.94. The standard InChI is InChI=1S/C25H26BrFO6S2/c1-18-3-8-22(9-4-18)34(28,29)32-15-13-20(24-17-21(27)7-12-25(24)26)14-16-33-35(30,31)23-10-5-19(2)6-11-23/h3-12,17,20H,13-16H2,1-2H3. The van der Waals surface area contributed by atoms with Crippen LogP contribution in [0.15, 0.2) is 81.0 Å². The zero-order valence-electron chi connectivity index (χ0n) is 19.3. The van der Waals surface area contributed by atoms with Crippen LogP contribution in [-0.2, 0) is 28.6 Å². The van der Waals surface area contributed by atoms with E-state index in [0.717, 1.165) is 11.1 Å². The highest BCUT2D eigenvalue weighted by atomic mass is 79.9. The van der Waals surface area contributed by atoms with Gasteiger partial charge >= 0.3 is 0 Å². The average Bonchev–Trinajstić information content (AvgIpc) is 2.80. The third kappa shape index (κ3) is 7.68.